The van der Waals surface area contributed by atoms with Crippen molar-refractivity contribution in [3.63, 3.8) is 0 Å². The van der Waals surface area contributed by atoms with E-state index < -0.39 is 0 Å². The quantitative estimate of drug-likeness (QED) is 0.747. The number of hydrogen-bond donors (Lipinski definition) is 0. The lowest BCUT2D eigenvalue weighted by Gasteiger charge is -2.31. The number of amides is 1. The Balaban J connectivity index is 2.18. The van der Waals surface area contributed by atoms with Gasteiger partial charge in [0.25, 0.3) is 0 Å². The number of ether oxygens (including phenoxy) is 2. The smallest absolute Gasteiger partial charge is 0.247 e. The molecule has 1 fully saturated rings. The summed E-state index contributed by atoms with van der Waals surface area (Å²) in [6.07, 6.45) is 8.12. The number of benzene rings is 1. The van der Waals surface area contributed by atoms with Crippen molar-refractivity contribution in [2.45, 2.75) is 51.6 Å². The molecular weight excluding hydrogens is 290 g/mol. The topological polar surface area (TPSA) is 38.8 Å². The van der Waals surface area contributed by atoms with E-state index in [0.717, 1.165) is 29.9 Å². The van der Waals surface area contributed by atoms with Crippen LogP contribution in [0.25, 0.3) is 6.08 Å². The van der Waals surface area contributed by atoms with Gasteiger partial charge in [-0.2, -0.15) is 0 Å². The van der Waals surface area contributed by atoms with Crippen LogP contribution in [0.3, 0.4) is 0 Å². The van der Waals surface area contributed by atoms with Crippen LogP contribution in [0.5, 0.6) is 11.5 Å². The molecular formula is C19H27NO3. The summed E-state index contributed by atoms with van der Waals surface area (Å²) in [5.74, 6) is 1.54. The molecule has 126 valence electrons. The van der Waals surface area contributed by atoms with Gasteiger partial charge in [0.2, 0.25) is 5.91 Å². The van der Waals surface area contributed by atoms with Crippen LogP contribution in [0.4, 0.5) is 0 Å². The number of carbonyl (C=O) groups excluding carboxylic acids is 1. The first kappa shape index (κ1) is 17.4. The molecule has 1 aliphatic carbocycles. The zero-order chi connectivity index (χ0) is 16.8. The van der Waals surface area contributed by atoms with Gasteiger partial charge in [-0.3, -0.25) is 4.79 Å². The average molecular weight is 317 g/mol. The summed E-state index contributed by atoms with van der Waals surface area (Å²) in [4.78, 5) is 14.7. The Labute approximate surface area is 139 Å². The summed E-state index contributed by atoms with van der Waals surface area (Å²) >= 11 is 0. The molecule has 0 unspecified atom stereocenters. The van der Waals surface area contributed by atoms with Gasteiger partial charge in [0.05, 0.1) is 14.2 Å². The van der Waals surface area contributed by atoms with Crippen molar-refractivity contribution in [1.29, 1.82) is 0 Å². The fourth-order valence-corrected chi connectivity index (χ4v) is 3.26. The van der Waals surface area contributed by atoms with E-state index in [9.17, 15) is 4.79 Å². The van der Waals surface area contributed by atoms with E-state index in [4.69, 9.17) is 9.47 Å². The van der Waals surface area contributed by atoms with Crippen molar-refractivity contribution in [2.75, 3.05) is 14.2 Å². The molecule has 1 saturated carbocycles. The van der Waals surface area contributed by atoms with E-state index in [-0.39, 0.29) is 11.9 Å². The van der Waals surface area contributed by atoms with Crippen LogP contribution in [0, 0.1) is 0 Å². The highest BCUT2D eigenvalue weighted by Gasteiger charge is 2.27. The molecule has 2 rings (SSSR count). The van der Waals surface area contributed by atoms with Crippen LogP contribution < -0.4 is 9.47 Å². The van der Waals surface area contributed by atoms with Crippen LogP contribution in [-0.2, 0) is 4.79 Å². The second-order valence-electron chi connectivity index (χ2n) is 6.22. The van der Waals surface area contributed by atoms with Crippen molar-refractivity contribution in [2.24, 2.45) is 0 Å². The maximum atomic E-state index is 12.7. The molecule has 0 saturated heterocycles. The summed E-state index contributed by atoms with van der Waals surface area (Å²) in [5, 5.41) is 0. The summed E-state index contributed by atoms with van der Waals surface area (Å²) in [5.41, 5.74) is 0.843. The zero-order valence-electron chi connectivity index (χ0n) is 14.5. The molecule has 0 bridgehead atoms. The molecule has 4 nitrogen and oxygen atoms in total. The average Bonchev–Trinajstić information content (AvgIpc) is 3.06. The highest BCUT2D eigenvalue weighted by molar-refractivity contribution is 5.92. The van der Waals surface area contributed by atoms with Gasteiger partial charge in [-0.1, -0.05) is 12.8 Å². The van der Waals surface area contributed by atoms with Crippen molar-refractivity contribution in [3.8, 4) is 11.5 Å². The Morgan fingerprint density at radius 1 is 1.22 bits per heavy atom. The lowest BCUT2D eigenvalue weighted by Crippen LogP contribution is -2.42. The predicted molar refractivity (Wildman–Crippen MR) is 92.8 cm³/mol. The summed E-state index contributed by atoms with van der Waals surface area (Å²) in [7, 11) is 3.25. The normalized spacial score (nSPS) is 15.3. The molecule has 0 heterocycles. The standard InChI is InChI=1S/C19H27NO3/c1-14(2)20(16-7-5-6-8-16)19(21)12-9-15-13-17(22-3)10-11-18(15)23-4/h9-14,16H,5-8H2,1-4H3/b12-9+. The van der Waals surface area contributed by atoms with Crippen LogP contribution in [0.15, 0.2) is 24.3 Å². The minimum Gasteiger partial charge on any atom is -0.497 e. The molecule has 1 aromatic rings. The largest absolute Gasteiger partial charge is 0.497 e. The summed E-state index contributed by atoms with van der Waals surface area (Å²) in [6, 6.07) is 6.15. The SMILES string of the molecule is COc1ccc(OC)c(/C=C/C(=O)N(C(C)C)C2CCCC2)c1. The molecule has 0 aliphatic heterocycles. The number of rotatable bonds is 6. The van der Waals surface area contributed by atoms with E-state index in [0.29, 0.717) is 6.04 Å². The van der Waals surface area contributed by atoms with E-state index in [1.165, 1.54) is 12.8 Å². The first-order valence-corrected chi connectivity index (χ1v) is 8.29. The second kappa shape index (κ2) is 8.04. The van der Waals surface area contributed by atoms with Gasteiger partial charge in [0.1, 0.15) is 11.5 Å². The van der Waals surface area contributed by atoms with Gasteiger partial charge in [-0.15, -0.1) is 0 Å². The van der Waals surface area contributed by atoms with Crippen LogP contribution in [-0.4, -0.2) is 37.1 Å². The minimum absolute atomic E-state index is 0.0665. The Morgan fingerprint density at radius 2 is 1.91 bits per heavy atom. The van der Waals surface area contributed by atoms with Gasteiger partial charge in [0, 0.05) is 23.7 Å². The third kappa shape index (κ3) is 4.27. The van der Waals surface area contributed by atoms with Crippen molar-refractivity contribution in [1.82, 2.24) is 4.90 Å². The third-order valence-corrected chi connectivity index (χ3v) is 4.37. The van der Waals surface area contributed by atoms with Crippen LogP contribution in [0.1, 0.15) is 45.1 Å². The Kier molecular flexibility index (Phi) is 6.08. The zero-order valence-corrected chi connectivity index (χ0v) is 14.5. The van der Waals surface area contributed by atoms with Crippen molar-refractivity contribution >= 4 is 12.0 Å². The molecule has 0 atom stereocenters. The van der Waals surface area contributed by atoms with Gasteiger partial charge in [-0.25, -0.2) is 0 Å². The highest BCUT2D eigenvalue weighted by Crippen LogP contribution is 2.27. The van der Waals surface area contributed by atoms with E-state index in [1.54, 1.807) is 20.3 Å². The summed E-state index contributed by atoms with van der Waals surface area (Å²) in [6.45, 7) is 4.16. The lowest BCUT2D eigenvalue weighted by atomic mass is 10.1. The molecule has 1 amide bonds. The minimum atomic E-state index is 0.0665. The Morgan fingerprint density at radius 3 is 2.48 bits per heavy atom. The fraction of sp³-hybridized carbons (Fsp3) is 0.526. The van der Waals surface area contributed by atoms with Gasteiger partial charge in [0.15, 0.2) is 0 Å². The predicted octanol–water partition coefficient (Wildman–Crippen LogP) is 3.90. The number of carbonyl (C=O) groups is 1. The lowest BCUT2D eigenvalue weighted by molar-refractivity contribution is -0.130. The van der Waals surface area contributed by atoms with Crippen LogP contribution in [0.2, 0.25) is 0 Å². The molecule has 0 N–H and O–H groups in total. The fourth-order valence-electron chi connectivity index (χ4n) is 3.26. The molecule has 1 aliphatic rings. The first-order valence-electron chi connectivity index (χ1n) is 8.29. The summed E-state index contributed by atoms with van der Waals surface area (Å²) < 4.78 is 10.6. The molecule has 0 spiro atoms. The van der Waals surface area contributed by atoms with Gasteiger partial charge >= 0.3 is 0 Å². The maximum absolute atomic E-state index is 12.7. The molecule has 1 aromatic carbocycles. The van der Waals surface area contributed by atoms with Gasteiger partial charge in [-0.05, 0) is 51.0 Å². The number of hydrogen-bond acceptors (Lipinski definition) is 3. The molecule has 0 aromatic heterocycles. The highest BCUT2D eigenvalue weighted by atomic mass is 16.5. The number of methoxy groups -OCH3 is 2. The van der Waals surface area contributed by atoms with Gasteiger partial charge < -0.3 is 14.4 Å². The van der Waals surface area contributed by atoms with E-state index >= 15 is 0 Å². The van der Waals surface area contributed by atoms with E-state index in [2.05, 4.69) is 13.8 Å². The van der Waals surface area contributed by atoms with Crippen molar-refractivity contribution < 1.29 is 14.3 Å². The monoisotopic (exact) mass is 317 g/mol. The molecule has 4 heteroatoms. The maximum Gasteiger partial charge on any atom is 0.247 e. The Hall–Kier alpha value is -1.97. The van der Waals surface area contributed by atoms with Crippen LogP contribution >= 0.6 is 0 Å². The second-order valence-corrected chi connectivity index (χ2v) is 6.22. The van der Waals surface area contributed by atoms with Crippen molar-refractivity contribution in [3.05, 3.63) is 29.8 Å². The third-order valence-electron chi connectivity index (χ3n) is 4.37. The molecule has 23 heavy (non-hydrogen) atoms. The Bertz CT molecular complexity index is 560. The first-order chi connectivity index (χ1) is 11.1. The number of nitrogens with zero attached hydrogens (tertiary/aromatic N) is 1. The van der Waals surface area contributed by atoms with E-state index in [1.807, 2.05) is 29.2 Å². The molecule has 0 radical (unpaired) electrons.